The lowest BCUT2D eigenvalue weighted by atomic mass is 9.88. The van der Waals surface area contributed by atoms with Crippen LogP contribution in [-0.2, 0) is 10.5 Å². The van der Waals surface area contributed by atoms with E-state index in [1.807, 2.05) is 48.0 Å². The first-order valence-electron chi connectivity index (χ1n) is 11.6. The highest BCUT2D eigenvalue weighted by Gasteiger charge is 2.44. The highest BCUT2D eigenvalue weighted by atomic mass is 35.5. The van der Waals surface area contributed by atoms with E-state index in [1.165, 1.54) is 5.56 Å². The number of ether oxygens (including phenoxy) is 2. The topological polar surface area (TPSA) is 89.9 Å². The fraction of sp³-hybridized carbons (Fsp3) is 0.308. The van der Waals surface area contributed by atoms with E-state index in [0.717, 1.165) is 29.1 Å². The second kappa shape index (κ2) is 9.37. The van der Waals surface area contributed by atoms with Gasteiger partial charge in [-0.25, -0.2) is 9.98 Å². The van der Waals surface area contributed by atoms with Crippen molar-refractivity contribution in [2.45, 2.75) is 18.6 Å². The van der Waals surface area contributed by atoms with Crippen molar-refractivity contribution in [3.8, 4) is 11.4 Å². The summed E-state index contributed by atoms with van der Waals surface area (Å²) >= 11 is 6.05. The Morgan fingerprint density at radius 1 is 1.29 bits per heavy atom. The zero-order chi connectivity index (χ0) is 24.6. The van der Waals surface area contributed by atoms with Gasteiger partial charge < -0.3 is 25.1 Å². The van der Waals surface area contributed by atoms with Crippen LogP contribution in [0.4, 0.5) is 0 Å². The van der Waals surface area contributed by atoms with Gasteiger partial charge in [0, 0.05) is 28.9 Å². The summed E-state index contributed by atoms with van der Waals surface area (Å²) < 4.78 is 13.5. The zero-order valence-corrected chi connectivity index (χ0v) is 20.8. The number of nitrogens with zero attached hydrogens (tertiary/aromatic N) is 4. The minimum Gasteiger partial charge on any atom is -0.495 e. The Morgan fingerprint density at radius 2 is 2.09 bits per heavy atom. The summed E-state index contributed by atoms with van der Waals surface area (Å²) in [4.78, 5) is 11.3. The molecule has 35 heavy (non-hydrogen) atoms. The summed E-state index contributed by atoms with van der Waals surface area (Å²) in [6.07, 6.45) is 3.40. The highest BCUT2D eigenvalue weighted by Crippen LogP contribution is 2.40. The monoisotopic (exact) mass is 492 g/mol. The number of rotatable bonds is 6. The maximum Gasteiger partial charge on any atom is 0.216 e. The highest BCUT2D eigenvalue weighted by molar-refractivity contribution is 6.29. The molecule has 182 valence electrons. The molecule has 3 heterocycles. The van der Waals surface area contributed by atoms with Crippen LogP contribution < -0.4 is 15.8 Å². The Labute approximate surface area is 210 Å². The molecule has 0 fully saturated rings. The Morgan fingerprint density at radius 3 is 2.77 bits per heavy atom. The first-order valence-corrected chi connectivity index (χ1v) is 11.9. The first-order chi connectivity index (χ1) is 17.0. The Bertz CT molecular complexity index is 1290. The SMILES string of the molecule is CCN(C)C1(c2ccc(-n3cnc(Cl)c3)c(OC)c2)N=C(N)C2=C(N1)C(c1ccccc1)COC2. The van der Waals surface area contributed by atoms with E-state index in [0.29, 0.717) is 30.0 Å². The molecule has 1 aromatic heterocycles. The third-order valence-electron chi connectivity index (χ3n) is 6.75. The van der Waals surface area contributed by atoms with Crippen LogP contribution in [0.5, 0.6) is 5.75 Å². The van der Waals surface area contributed by atoms with Crippen molar-refractivity contribution in [3.63, 3.8) is 0 Å². The van der Waals surface area contributed by atoms with Crippen molar-refractivity contribution in [3.05, 3.63) is 88.6 Å². The summed E-state index contributed by atoms with van der Waals surface area (Å²) in [5, 5.41) is 4.20. The van der Waals surface area contributed by atoms with Crippen molar-refractivity contribution in [1.29, 1.82) is 0 Å². The maximum absolute atomic E-state index is 6.62. The van der Waals surface area contributed by atoms with Crippen LogP contribution in [-0.4, -0.2) is 54.2 Å². The Hall–Kier alpha value is -3.33. The van der Waals surface area contributed by atoms with E-state index in [9.17, 15) is 0 Å². The van der Waals surface area contributed by atoms with Gasteiger partial charge >= 0.3 is 0 Å². The van der Waals surface area contributed by atoms with Crippen molar-refractivity contribution in [2.24, 2.45) is 10.7 Å². The Balaban J connectivity index is 1.62. The number of hydrogen-bond acceptors (Lipinski definition) is 7. The standard InChI is InChI=1S/C26H29ClN6O2/c1-4-32(2)26(18-10-11-21(22(12-18)34-3)33-13-23(27)29-16-33)30-24-19(17-8-6-5-7-9-17)14-35-15-20(24)25(28)31-26/h5-13,16,19,30H,4,14-15H2,1-3H3,(H2,28,31). The van der Waals surface area contributed by atoms with Crippen LogP contribution in [0, 0.1) is 0 Å². The molecule has 0 spiro atoms. The van der Waals surface area contributed by atoms with Gasteiger partial charge in [-0.15, -0.1) is 0 Å². The number of hydrogen-bond donors (Lipinski definition) is 2. The fourth-order valence-corrected chi connectivity index (χ4v) is 4.88. The molecule has 9 heteroatoms. The van der Waals surface area contributed by atoms with E-state index in [2.05, 4.69) is 34.3 Å². The lowest BCUT2D eigenvalue weighted by molar-refractivity contribution is 0.0803. The normalized spacial score (nSPS) is 22.0. The average Bonchev–Trinajstić information content (AvgIpc) is 3.33. The third-order valence-corrected chi connectivity index (χ3v) is 6.94. The molecule has 3 aromatic rings. The van der Waals surface area contributed by atoms with Gasteiger partial charge in [0.05, 0.1) is 26.0 Å². The van der Waals surface area contributed by atoms with E-state index in [4.69, 9.17) is 31.8 Å². The molecule has 5 rings (SSSR count). The lowest BCUT2D eigenvalue weighted by Gasteiger charge is -2.46. The van der Waals surface area contributed by atoms with Crippen LogP contribution in [0.1, 0.15) is 24.0 Å². The Kier molecular flexibility index (Phi) is 6.27. The minimum atomic E-state index is -0.916. The zero-order valence-electron chi connectivity index (χ0n) is 20.0. The molecule has 0 bridgehead atoms. The number of methoxy groups -OCH3 is 1. The number of aliphatic imine (C=N–C) groups is 1. The molecule has 2 aliphatic heterocycles. The first kappa shape index (κ1) is 23.4. The number of nitrogens with two attached hydrogens (primary N) is 1. The molecular formula is C26H29ClN6O2. The van der Waals surface area contributed by atoms with Gasteiger partial charge in [-0.1, -0.05) is 54.9 Å². The van der Waals surface area contributed by atoms with Gasteiger partial charge in [0.1, 0.15) is 23.1 Å². The molecular weight excluding hydrogens is 464 g/mol. The average molecular weight is 493 g/mol. The van der Waals surface area contributed by atoms with Crippen LogP contribution in [0.15, 0.2) is 77.3 Å². The van der Waals surface area contributed by atoms with Gasteiger partial charge in [0.25, 0.3) is 0 Å². The molecule has 0 radical (unpaired) electrons. The van der Waals surface area contributed by atoms with Gasteiger partial charge in [-0.2, -0.15) is 0 Å². The summed E-state index contributed by atoms with van der Waals surface area (Å²) in [7, 11) is 3.68. The summed E-state index contributed by atoms with van der Waals surface area (Å²) in [5.41, 5.74) is 11.5. The molecule has 2 unspecified atom stereocenters. The predicted molar refractivity (Wildman–Crippen MR) is 137 cm³/mol. The van der Waals surface area contributed by atoms with Gasteiger partial charge in [-0.05, 0) is 31.3 Å². The van der Waals surface area contributed by atoms with Crippen molar-refractivity contribution >= 4 is 17.4 Å². The van der Waals surface area contributed by atoms with E-state index < -0.39 is 5.79 Å². The number of nitrogens with one attached hydrogen (secondary N) is 1. The number of benzene rings is 2. The molecule has 8 nitrogen and oxygen atoms in total. The minimum absolute atomic E-state index is 0.0212. The number of halogens is 1. The molecule has 0 saturated carbocycles. The molecule has 3 N–H and O–H groups in total. The summed E-state index contributed by atoms with van der Waals surface area (Å²) in [5.74, 6) is 0.250. The van der Waals surface area contributed by atoms with Gasteiger partial charge in [0.2, 0.25) is 5.79 Å². The van der Waals surface area contributed by atoms with Crippen LogP contribution >= 0.6 is 11.6 Å². The molecule has 0 amide bonds. The fourth-order valence-electron chi connectivity index (χ4n) is 4.74. The summed E-state index contributed by atoms with van der Waals surface area (Å²) in [6, 6.07) is 16.3. The smallest absolute Gasteiger partial charge is 0.216 e. The number of amidine groups is 1. The molecule has 2 aliphatic rings. The molecule has 2 aromatic carbocycles. The largest absolute Gasteiger partial charge is 0.495 e. The number of imidazole rings is 1. The van der Waals surface area contributed by atoms with E-state index >= 15 is 0 Å². The quantitative estimate of drug-likeness (QED) is 0.546. The molecule has 2 atom stereocenters. The van der Waals surface area contributed by atoms with Gasteiger partial charge in [-0.3, -0.25) is 4.90 Å². The third kappa shape index (κ3) is 4.07. The van der Waals surface area contributed by atoms with Crippen LogP contribution in [0.25, 0.3) is 5.69 Å². The molecule has 0 aliphatic carbocycles. The van der Waals surface area contributed by atoms with Crippen molar-refractivity contribution in [2.75, 3.05) is 33.9 Å². The van der Waals surface area contributed by atoms with E-state index in [1.54, 1.807) is 19.6 Å². The maximum atomic E-state index is 6.62. The summed E-state index contributed by atoms with van der Waals surface area (Å²) in [6.45, 7) is 3.83. The van der Waals surface area contributed by atoms with E-state index in [-0.39, 0.29) is 5.92 Å². The van der Waals surface area contributed by atoms with Crippen LogP contribution in [0.3, 0.4) is 0 Å². The van der Waals surface area contributed by atoms with Crippen molar-refractivity contribution < 1.29 is 9.47 Å². The lowest BCUT2D eigenvalue weighted by Crippen LogP contribution is -2.58. The molecule has 0 saturated heterocycles. The van der Waals surface area contributed by atoms with Crippen molar-refractivity contribution in [1.82, 2.24) is 19.8 Å². The predicted octanol–water partition coefficient (Wildman–Crippen LogP) is 3.62. The second-order valence-corrected chi connectivity index (χ2v) is 9.06. The number of aromatic nitrogens is 2. The second-order valence-electron chi connectivity index (χ2n) is 8.67. The van der Waals surface area contributed by atoms with Gasteiger partial charge in [0.15, 0.2) is 0 Å². The van der Waals surface area contributed by atoms with Crippen LogP contribution in [0.2, 0.25) is 5.15 Å².